The molecule has 0 fully saturated rings. The average Bonchev–Trinajstić information content (AvgIpc) is 3.04. The van der Waals surface area contributed by atoms with E-state index in [1.54, 1.807) is 30.8 Å². The van der Waals surface area contributed by atoms with Crippen LogP contribution < -0.4 is 4.72 Å². The summed E-state index contributed by atoms with van der Waals surface area (Å²) in [6, 6.07) is 3.13. The molecule has 3 aromatic heterocycles. The van der Waals surface area contributed by atoms with Crippen LogP contribution >= 0.6 is 0 Å². The highest BCUT2D eigenvalue weighted by atomic mass is 32.2. The largest absolute Gasteiger partial charge is 0.338 e. The molecule has 0 saturated carbocycles. The van der Waals surface area contributed by atoms with E-state index in [0.29, 0.717) is 22.4 Å². The topological polar surface area (TPSA) is 103 Å². The summed E-state index contributed by atoms with van der Waals surface area (Å²) < 4.78 is 34.2. The Morgan fingerprint density at radius 2 is 1.96 bits per heavy atom. The van der Waals surface area contributed by atoms with E-state index in [2.05, 4.69) is 20.0 Å². The standard InChI is InChI=1S/C15H19N5O3S/c1-9-11-6-10(8-16-14(11)20(5)17-9)24(21,22)19-13-7-12(18-23-13)15(2,3)4/h6-8,19H,1-5H3. The monoisotopic (exact) mass is 349 g/mol. The van der Waals surface area contributed by atoms with Crippen LogP contribution in [0.4, 0.5) is 5.88 Å². The maximum atomic E-state index is 12.6. The first-order valence-electron chi connectivity index (χ1n) is 7.37. The molecule has 3 heterocycles. The number of nitrogens with zero attached hydrogens (tertiary/aromatic N) is 4. The fourth-order valence-corrected chi connectivity index (χ4v) is 3.25. The number of pyridine rings is 1. The summed E-state index contributed by atoms with van der Waals surface area (Å²) in [5.74, 6) is 0.0722. The fourth-order valence-electron chi connectivity index (χ4n) is 2.30. The van der Waals surface area contributed by atoms with Crippen LogP contribution in [0, 0.1) is 6.92 Å². The summed E-state index contributed by atoms with van der Waals surface area (Å²) in [5.41, 5.74) is 1.77. The van der Waals surface area contributed by atoms with E-state index in [9.17, 15) is 8.42 Å². The van der Waals surface area contributed by atoms with Crippen LogP contribution in [0.3, 0.4) is 0 Å². The predicted octanol–water partition coefficient (Wildman–Crippen LogP) is 2.36. The molecule has 8 nitrogen and oxygen atoms in total. The number of fused-ring (bicyclic) bond motifs is 1. The van der Waals surface area contributed by atoms with Gasteiger partial charge in [0, 0.05) is 30.1 Å². The van der Waals surface area contributed by atoms with Gasteiger partial charge in [-0.15, -0.1) is 0 Å². The van der Waals surface area contributed by atoms with E-state index in [1.165, 1.54) is 6.20 Å². The van der Waals surface area contributed by atoms with Crippen molar-refractivity contribution in [1.29, 1.82) is 0 Å². The number of hydrogen-bond donors (Lipinski definition) is 1. The lowest BCUT2D eigenvalue weighted by atomic mass is 9.92. The van der Waals surface area contributed by atoms with E-state index in [0.717, 1.165) is 0 Å². The Morgan fingerprint density at radius 1 is 1.25 bits per heavy atom. The minimum absolute atomic E-state index is 0.0415. The lowest BCUT2D eigenvalue weighted by Crippen LogP contribution is -2.13. The second-order valence-electron chi connectivity index (χ2n) is 6.68. The van der Waals surface area contributed by atoms with Crippen LogP contribution in [0.15, 0.2) is 27.7 Å². The smallest absolute Gasteiger partial charge is 0.265 e. The first kappa shape index (κ1) is 16.4. The molecule has 128 valence electrons. The van der Waals surface area contributed by atoms with Crippen molar-refractivity contribution < 1.29 is 12.9 Å². The normalized spacial score (nSPS) is 12.7. The molecule has 0 aliphatic rings. The molecule has 0 radical (unpaired) electrons. The van der Waals surface area contributed by atoms with Gasteiger partial charge in [0.1, 0.15) is 4.90 Å². The molecule has 9 heteroatoms. The zero-order valence-electron chi connectivity index (χ0n) is 14.2. The van der Waals surface area contributed by atoms with Crippen LogP contribution in [-0.2, 0) is 22.5 Å². The molecule has 0 amide bonds. The van der Waals surface area contributed by atoms with E-state index in [1.807, 2.05) is 20.8 Å². The predicted molar refractivity (Wildman–Crippen MR) is 89.3 cm³/mol. The van der Waals surface area contributed by atoms with E-state index >= 15 is 0 Å². The quantitative estimate of drug-likeness (QED) is 0.778. The van der Waals surface area contributed by atoms with Gasteiger partial charge in [0.05, 0.1) is 11.4 Å². The summed E-state index contributed by atoms with van der Waals surface area (Å²) in [5, 5.41) is 8.83. The number of aryl methyl sites for hydroxylation is 2. The highest BCUT2D eigenvalue weighted by Gasteiger charge is 2.23. The molecule has 3 rings (SSSR count). The van der Waals surface area contributed by atoms with Crippen molar-refractivity contribution in [2.45, 2.75) is 38.0 Å². The third kappa shape index (κ3) is 2.86. The molecule has 24 heavy (non-hydrogen) atoms. The van der Waals surface area contributed by atoms with Gasteiger partial charge in [-0.25, -0.2) is 18.1 Å². The summed E-state index contributed by atoms with van der Waals surface area (Å²) in [4.78, 5) is 4.23. The van der Waals surface area contributed by atoms with Crippen LogP contribution in [0.1, 0.15) is 32.2 Å². The zero-order valence-corrected chi connectivity index (χ0v) is 15.0. The Kier molecular flexibility index (Phi) is 3.63. The van der Waals surface area contributed by atoms with Crippen molar-refractivity contribution in [1.82, 2.24) is 19.9 Å². The minimum Gasteiger partial charge on any atom is -0.338 e. The molecule has 1 N–H and O–H groups in total. The number of hydrogen-bond acceptors (Lipinski definition) is 6. The van der Waals surface area contributed by atoms with Crippen molar-refractivity contribution in [2.75, 3.05) is 4.72 Å². The van der Waals surface area contributed by atoms with Gasteiger partial charge in [-0.1, -0.05) is 25.9 Å². The lowest BCUT2D eigenvalue weighted by molar-refractivity contribution is 0.405. The molecule has 0 spiro atoms. The summed E-state index contributed by atoms with van der Waals surface area (Å²) in [6.07, 6.45) is 1.30. The Morgan fingerprint density at radius 3 is 2.58 bits per heavy atom. The first-order chi connectivity index (χ1) is 11.1. The minimum atomic E-state index is -3.83. The number of rotatable bonds is 3. The van der Waals surface area contributed by atoms with Gasteiger partial charge >= 0.3 is 0 Å². The Hall–Kier alpha value is -2.42. The Labute approximate surface area is 139 Å². The zero-order chi connectivity index (χ0) is 17.7. The molecule has 0 aliphatic carbocycles. The molecule has 0 bridgehead atoms. The molecule has 0 saturated heterocycles. The molecule has 0 atom stereocenters. The fraction of sp³-hybridized carbons (Fsp3) is 0.400. The number of aromatic nitrogens is 4. The molecule has 0 aliphatic heterocycles. The molecule has 3 aromatic rings. The van der Waals surface area contributed by atoms with Crippen LogP contribution in [0.25, 0.3) is 11.0 Å². The van der Waals surface area contributed by atoms with Crippen molar-refractivity contribution in [3.63, 3.8) is 0 Å². The molecule has 0 aromatic carbocycles. The van der Waals surface area contributed by atoms with Crippen molar-refractivity contribution in [3.8, 4) is 0 Å². The van der Waals surface area contributed by atoms with Gasteiger partial charge in [-0.2, -0.15) is 5.10 Å². The Bertz CT molecular complexity index is 1010. The lowest BCUT2D eigenvalue weighted by Gasteiger charge is -2.12. The van der Waals surface area contributed by atoms with Crippen LogP contribution in [0.2, 0.25) is 0 Å². The van der Waals surface area contributed by atoms with Crippen molar-refractivity contribution in [3.05, 3.63) is 29.7 Å². The maximum Gasteiger partial charge on any atom is 0.265 e. The summed E-state index contributed by atoms with van der Waals surface area (Å²) in [6.45, 7) is 7.70. The van der Waals surface area contributed by atoms with Gasteiger partial charge in [0.2, 0.25) is 5.88 Å². The number of nitrogens with one attached hydrogen (secondary N) is 1. The number of sulfonamides is 1. The van der Waals surface area contributed by atoms with Gasteiger partial charge in [-0.3, -0.25) is 4.68 Å². The van der Waals surface area contributed by atoms with Crippen molar-refractivity contribution >= 4 is 26.9 Å². The molecule has 0 unspecified atom stereocenters. The van der Waals surface area contributed by atoms with Crippen LogP contribution in [-0.4, -0.2) is 28.3 Å². The number of anilines is 1. The van der Waals surface area contributed by atoms with Gasteiger partial charge in [-0.05, 0) is 13.0 Å². The van der Waals surface area contributed by atoms with Gasteiger partial charge in [0.25, 0.3) is 10.0 Å². The SMILES string of the molecule is Cc1nn(C)c2ncc(S(=O)(=O)Nc3cc(C(C)(C)C)no3)cc12. The Balaban J connectivity index is 1.96. The molecular formula is C15H19N5O3S. The third-order valence-electron chi connectivity index (χ3n) is 3.66. The van der Waals surface area contributed by atoms with Gasteiger partial charge < -0.3 is 4.52 Å². The van der Waals surface area contributed by atoms with E-state index in [-0.39, 0.29) is 16.2 Å². The van der Waals surface area contributed by atoms with Crippen LogP contribution in [0.5, 0.6) is 0 Å². The summed E-state index contributed by atoms with van der Waals surface area (Å²) in [7, 11) is -2.07. The third-order valence-corrected chi connectivity index (χ3v) is 4.98. The summed E-state index contributed by atoms with van der Waals surface area (Å²) >= 11 is 0. The second kappa shape index (κ2) is 5.30. The van der Waals surface area contributed by atoms with Gasteiger partial charge in [0.15, 0.2) is 5.65 Å². The second-order valence-corrected chi connectivity index (χ2v) is 8.37. The maximum absolute atomic E-state index is 12.6. The van der Waals surface area contributed by atoms with E-state index in [4.69, 9.17) is 4.52 Å². The highest BCUT2D eigenvalue weighted by molar-refractivity contribution is 7.92. The van der Waals surface area contributed by atoms with Crippen molar-refractivity contribution in [2.24, 2.45) is 7.05 Å². The first-order valence-corrected chi connectivity index (χ1v) is 8.85. The average molecular weight is 349 g/mol. The molecular weight excluding hydrogens is 330 g/mol. The van der Waals surface area contributed by atoms with E-state index < -0.39 is 10.0 Å². The highest BCUT2D eigenvalue weighted by Crippen LogP contribution is 2.26.